The lowest BCUT2D eigenvalue weighted by atomic mass is 9.97. The van der Waals surface area contributed by atoms with E-state index in [4.69, 9.17) is 0 Å². The summed E-state index contributed by atoms with van der Waals surface area (Å²) in [5, 5.41) is 12.5. The first-order chi connectivity index (χ1) is 10.5. The third kappa shape index (κ3) is 4.36. The summed E-state index contributed by atoms with van der Waals surface area (Å²) in [7, 11) is 1.77. The number of rotatable bonds is 4. The van der Waals surface area contributed by atoms with E-state index in [2.05, 4.69) is 29.1 Å². The molecular weight excluding hydrogens is 281 g/mol. The lowest BCUT2D eigenvalue weighted by molar-refractivity contribution is 0.403. The summed E-state index contributed by atoms with van der Waals surface area (Å²) in [4.78, 5) is 6.59. The normalized spacial score (nSPS) is 19.0. The van der Waals surface area contributed by atoms with Crippen LogP contribution in [0.5, 0.6) is 5.75 Å². The first-order valence-electron chi connectivity index (χ1n) is 7.92. The van der Waals surface area contributed by atoms with Gasteiger partial charge in [0.1, 0.15) is 0 Å². The molecule has 1 atom stereocenters. The maximum absolute atomic E-state index is 13.3. The fourth-order valence-electron chi connectivity index (χ4n) is 3.06. The highest BCUT2D eigenvalue weighted by molar-refractivity contribution is 5.80. The Bertz CT molecular complexity index is 531. The van der Waals surface area contributed by atoms with Crippen molar-refractivity contribution in [3.8, 4) is 5.75 Å². The Morgan fingerprint density at radius 3 is 2.91 bits per heavy atom. The van der Waals surface area contributed by atoms with E-state index >= 15 is 0 Å². The quantitative estimate of drug-likeness (QED) is 0.664. The van der Waals surface area contributed by atoms with E-state index in [0.717, 1.165) is 36.4 Å². The van der Waals surface area contributed by atoms with Crippen molar-refractivity contribution in [1.82, 2.24) is 10.2 Å². The van der Waals surface area contributed by atoms with E-state index in [-0.39, 0.29) is 5.75 Å². The first-order valence-corrected chi connectivity index (χ1v) is 7.92. The number of nitrogens with zero attached hydrogens (tertiary/aromatic N) is 2. The average Bonchev–Trinajstić information content (AvgIpc) is 2.91. The largest absolute Gasteiger partial charge is 0.505 e. The Morgan fingerprint density at radius 1 is 1.50 bits per heavy atom. The molecule has 1 heterocycles. The number of aromatic hydroxyl groups is 1. The average molecular weight is 307 g/mol. The summed E-state index contributed by atoms with van der Waals surface area (Å²) in [5.74, 6) is 1.40. The van der Waals surface area contributed by atoms with Crippen molar-refractivity contribution in [2.24, 2.45) is 16.8 Å². The Labute approximate surface area is 132 Å². The molecule has 122 valence electrons. The molecule has 0 aromatic heterocycles. The number of likely N-dealkylation sites (tertiary alicyclic amines) is 1. The van der Waals surface area contributed by atoms with Gasteiger partial charge in [0.25, 0.3) is 0 Å². The summed E-state index contributed by atoms with van der Waals surface area (Å²) in [6, 6.07) is 4.44. The number of hydrogen-bond donors (Lipinski definition) is 2. The molecule has 22 heavy (non-hydrogen) atoms. The molecule has 1 aliphatic rings. The Kier molecular flexibility index (Phi) is 5.63. The van der Waals surface area contributed by atoms with Crippen LogP contribution in [0.1, 0.15) is 32.3 Å². The maximum Gasteiger partial charge on any atom is 0.193 e. The molecule has 1 aromatic rings. The Hall–Kier alpha value is -1.78. The van der Waals surface area contributed by atoms with Gasteiger partial charge >= 0.3 is 0 Å². The second-order valence-corrected chi connectivity index (χ2v) is 6.42. The molecule has 2 rings (SSSR count). The second kappa shape index (κ2) is 7.47. The molecule has 2 N–H and O–H groups in total. The molecule has 5 heteroatoms. The van der Waals surface area contributed by atoms with Gasteiger partial charge in [-0.3, -0.25) is 4.99 Å². The summed E-state index contributed by atoms with van der Waals surface area (Å²) in [6.45, 7) is 7.06. The minimum Gasteiger partial charge on any atom is -0.505 e. The van der Waals surface area contributed by atoms with Crippen LogP contribution in [0.3, 0.4) is 0 Å². The maximum atomic E-state index is 13.3. The van der Waals surface area contributed by atoms with Gasteiger partial charge in [0, 0.05) is 26.7 Å². The van der Waals surface area contributed by atoms with Gasteiger partial charge in [0.05, 0.1) is 0 Å². The molecule has 1 aromatic carbocycles. The zero-order valence-electron chi connectivity index (χ0n) is 13.6. The first kappa shape index (κ1) is 16.6. The monoisotopic (exact) mass is 307 g/mol. The summed E-state index contributed by atoms with van der Waals surface area (Å²) in [5.41, 5.74) is 0.786. The van der Waals surface area contributed by atoms with E-state index in [1.54, 1.807) is 13.1 Å². The smallest absolute Gasteiger partial charge is 0.193 e. The number of aliphatic imine (C=N–C) groups is 1. The van der Waals surface area contributed by atoms with Gasteiger partial charge in [0.15, 0.2) is 17.5 Å². The van der Waals surface area contributed by atoms with Gasteiger partial charge < -0.3 is 15.3 Å². The zero-order valence-corrected chi connectivity index (χ0v) is 13.6. The SMILES string of the molecule is CN=C(NCc1ccc(O)c(F)c1)N1CCC(CC(C)C)C1. The van der Waals surface area contributed by atoms with Crippen LogP contribution in [-0.2, 0) is 6.54 Å². The fraction of sp³-hybridized carbons (Fsp3) is 0.588. The van der Waals surface area contributed by atoms with Crippen molar-refractivity contribution in [2.45, 2.75) is 33.2 Å². The molecule has 0 radical (unpaired) electrons. The molecule has 0 amide bonds. The highest BCUT2D eigenvalue weighted by Crippen LogP contribution is 2.23. The van der Waals surface area contributed by atoms with Crippen LogP contribution in [0.2, 0.25) is 0 Å². The van der Waals surface area contributed by atoms with E-state index in [1.807, 2.05) is 0 Å². The molecular formula is C17H26FN3O. The third-order valence-corrected chi connectivity index (χ3v) is 4.06. The van der Waals surface area contributed by atoms with Crippen molar-refractivity contribution >= 4 is 5.96 Å². The number of nitrogens with one attached hydrogen (secondary N) is 1. The van der Waals surface area contributed by atoms with Crippen molar-refractivity contribution in [2.75, 3.05) is 20.1 Å². The van der Waals surface area contributed by atoms with Crippen molar-refractivity contribution in [3.05, 3.63) is 29.6 Å². The van der Waals surface area contributed by atoms with E-state index < -0.39 is 5.82 Å². The van der Waals surface area contributed by atoms with Crippen LogP contribution in [0.25, 0.3) is 0 Å². The van der Waals surface area contributed by atoms with Gasteiger partial charge in [-0.1, -0.05) is 19.9 Å². The molecule has 4 nitrogen and oxygen atoms in total. The topological polar surface area (TPSA) is 47.9 Å². The molecule has 1 unspecified atom stereocenters. The molecule has 1 fully saturated rings. The van der Waals surface area contributed by atoms with Crippen LogP contribution < -0.4 is 5.32 Å². The molecule has 0 aliphatic carbocycles. The van der Waals surface area contributed by atoms with Gasteiger partial charge in [-0.25, -0.2) is 4.39 Å². The molecule has 0 saturated carbocycles. The summed E-state index contributed by atoms with van der Waals surface area (Å²) >= 11 is 0. The summed E-state index contributed by atoms with van der Waals surface area (Å²) in [6.07, 6.45) is 2.45. The second-order valence-electron chi connectivity index (χ2n) is 6.42. The van der Waals surface area contributed by atoms with Crippen LogP contribution in [0.4, 0.5) is 4.39 Å². The Morgan fingerprint density at radius 2 is 2.27 bits per heavy atom. The van der Waals surface area contributed by atoms with Gasteiger partial charge in [-0.2, -0.15) is 0 Å². The molecule has 0 spiro atoms. The van der Waals surface area contributed by atoms with Crippen LogP contribution in [-0.4, -0.2) is 36.1 Å². The van der Waals surface area contributed by atoms with Gasteiger partial charge in [-0.05, 0) is 42.4 Å². The molecule has 0 bridgehead atoms. The number of benzene rings is 1. The zero-order chi connectivity index (χ0) is 16.1. The number of hydrogen-bond acceptors (Lipinski definition) is 2. The highest BCUT2D eigenvalue weighted by atomic mass is 19.1. The number of halogens is 1. The molecule has 1 saturated heterocycles. The lowest BCUT2D eigenvalue weighted by Crippen LogP contribution is -2.39. The standard InChI is InChI=1S/C17H26FN3O/c1-12(2)8-14-6-7-21(11-14)17(19-3)20-10-13-4-5-16(22)15(18)9-13/h4-5,9,12,14,22H,6-8,10-11H2,1-3H3,(H,19,20). The predicted molar refractivity (Wildman–Crippen MR) is 87.4 cm³/mol. The predicted octanol–water partition coefficient (Wildman–Crippen LogP) is 2.97. The van der Waals surface area contributed by atoms with E-state index in [0.29, 0.717) is 6.54 Å². The van der Waals surface area contributed by atoms with Crippen molar-refractivity contribution in [3.63, 3.8) is 0 Å². The minimum atomic E-state index is -0.590. The number of phenolic OH excluding ortho intramolecular Hbond substituents is 1. The number of guanidine groups is 1. The van der Waals surface area contributed by atoms with Crippen molar-refractivity contribution in [1.29, 1.82) is 0 Å². The van der Waals surface area contributed by atoms with Gasteiger partial charge in [0.2, 0.25) is 0 Å². The Balaban J connectivity index is 1.89. The van der Waals surface area contributed by atoms with Gasteiger partial charge in [-0.15, -0.1) is 0 Å². The summed E-state index contributed by atoms with van der Waals surface area (Å²) < 4.78 is 13.3. The molecule has 1 aliphatic heterocycles. The van der Waals surface area contributed by atoms with Crippen molar-refractivity contribution < 1.29 is 9.50 Å². The number of phenols is 1. The fourth-order valence-corrected chi connectivity index (χ4v) is 3.06. The van der Waals surface area contributed by atoms with E-state index in [1.165, 1.54) is 25.0 Å². The van der Waals surface area contributed by atoms with Crippen LogP contribution in [0.15, 0.2) is 23.2 Å². The van der Waals surface area contributed by atoms with Crippen LogP contribution >= 0.6 is 0 Å². The van der Waals surface area contributed by atoms with Crippen LogP contribution in [0, 0.1) is 17.7 Å². The minimum absolute atomic E-state index is 0.316. The van der Waals surface area contributed by atoms with E-state index in [9.17, 15) is 9.50 Å². The lowest BCUT2D eigenvalue weighted by Gasteiger charge is -2.22. The third-order valence-electron chi connectivity index (χ3n) is 4.06. The highest BCUT2D eigenvalue weighted by Gasteiger charge is 2.25.